The molecule has 12 heteroatoms. The second-order valence-electron chi connectivity index (χ2n) is 14.6. The number of hydrogen-bond donors (Lipinski definition) is 3. The molecule has 0 aromatic carbocycles. The molecule has 3 atom stereocenters. The van der Waals surface area contributed by atoms with Gasteiger partial charge >= 0.3 is 19.8 Å². The minimum absolute atomic E-state index is 0.0290. The van der Waals surface area contributed by atoms with Crippen molar-refractivity contribution in [1.82, 2.24) is 0 Å². The van der Waals surface area contributed by atoms with Crippen molar-refractivity contribution in [1.29, 1.82) is 0 Å². The van der Waals surface area contributed by atoms with Crippen molar-refractivity contribution in [2.45, 2.75) is 175 Å². The average Bonchev–Trinajstić information content (AvgIpc) is 3.45. The van der Waals surface area contributed by atoms with Crippen molar-refractivity contribution in [3.05, 3.63) is 71.3 Å². The summed E-state index contributed by atoms with van der Waals surface area (Å²) in [5, 5.41) is 9.89. The highest BCUT2D eigenvalue weighted by atomic mass is 31.2. The van der Waals surface area contributed by atoms with Crippen LogP contribution in [0.4, 0.5) is 0 Å². The molecule has 0 aliphatic heterocycles. The summed E-state index contributed by atoms with van der Waals surface area (Å²) in [4.78, 5) is 35.0. The summed E-state index contributed by atoms with van der Waals surface area (Å²) < 4.78 is 39.0. The number of allylic oxidation sites excluding steroid dienone is 7. The first-order valence-corrected chi connectivity index (χ1v) is 23.1. The van der Waals surface area contributed by atoms with E-state index in [2.05, 4.69) is 39.8 Å². The number of rotatable bonds is 36. The molecule has 0 aliphatic rings. The predicted octanol–water partition coefficient (Wildman–Crippen LogP) is 10.6. The second kappa shape index (κ2) is 34.1. The number of hydrogen-bond acceptors (Lipinski definition) is 10. The zero-order valence-corrected chi connectivity index (χ0v) is 36.5. The van der Waals surface area contributed by atoms with Gasteiger partial charge in [0, 0.05) is 32.2 Å². The van der Waals surface area contributed by atoms with Crippen LogP contribution in [0.3, 0.4) is 0 Å². The maximum absolute atomic E-state index is 12.7. The van der Waals surface area contributed by atoms with Crippen LogP contribution in [0.5, 0.6) is 0 Å². The molecular weight excluding hydrogens is 745 g/mol. The number of aliphatic hydroxyl groups excluding tert-OH is 1. The van der Waals surface area contributed by atoms with Gasteiger partial charge in [0.05, 0.1) is 19.3 Å². The smallest absolute Gasteiger partial charge is 0.466 e. The summed E-state index contributed by atoms with van der Waals surface area (Å²) in [5.74, 6) is 1.30. The summed E-state index contributed by atoms with van der Waals surface area (Å²) in [6.07, 6.45) is 33.1. The largest absolute Gasteiger partial charge is 0.472 e. The van der Waals surface area contributed by atoms with Gasteiger partial charge in [0.2, 0.25) is 0 Å². The Bertz CT molecular complexity index is 1370. The molecule has 1 rings (SSSR count). The summed E-state index contributed by atoms with van der Waals surface area (Å²) in [6.45, 7) is 7.74. The van der Waals surface area contributed by atoms with E-state index in [1.165, 1.54) is 30.4 Å². The molecular formula is C45H76NO10P. The van der Waals surface area contributed by atoms with Crippen LogP contribution in [0.2, 0.25) is 0 Å². The molecule has 1 unspecified atom stereocenters. The molecule has 11 nitrogen and oxygen atoms in total. The lowest BCUT2D eigenvalue weighted by Crippen LogP contribution is -2.29. The Balaban J connectivity index is 2.35. The number of ether oxygens (including phenoxy) is 2. The zero-order chi connectivity index (χ0) is 42.0. The average molecular weight is 822 g/mol. The molecule has 4 N–H and O–H groups in total. The minimum atomic E-state index is -4.42. The highest BCUT2D eigenvalue weighted by Crippen LogP contribution is 2.43. The van der Waals surface area contributed by atoms with Crippen LogP contribution < -0.4 is 5.73 Å². The number of carbonyl (C=O) groups excluding carboxylic acids is 2. The normalized spacial score (nSPS) is 14.3. The van der Waals surface area contributed by atoms with Crippen molar-refractivity contribution in [2.24, 2.45) is 5.73 Å². The molecule has 1 aromatic heterocycles. The van der Waals surface area contributed by atoms with Gasteiger partial charge in [0.25, 0.3) is 0 Å². The number of unbranched alkanes of at least 4 members (excludes halogenated alkanes) is 10. The van der Waals surface area contributed by atoms with E-state index in [9.17, 15) is 24.2 Å². The lowest BCUT2D eigenvalue weighted by Gasteiger charge is -2.19. The molecule has 0 spiro atoms. The molecule has 326 valence electrons. The Morgan fingerprint density at radius 2 is 1.33 bits per heavy atom. The highest BCUT2D eigenvalue weighted by molar-refractivity contribution is 7.47. The second-order valence-corrected chi connectivity index (χ2v) is 16.1. The molecule has 0 saturated heterocycles. The van der Waals surface area contributed by atoms with Gasteiger partial charge in [0.1, 0.15) is 18.1 Å². The Hall–Kier alpha value is -2.79. The van der Waals surface area contributed by atoms with Crippen molar-refractivity contribution >= 4 is 19.8 Å². The van der Waals surface area contributed by atoms with Gasteiger partial charge in [-0.15, -0.1) is 0 Å². The number of phosphoric acid groups is 1. The van der Waals surface area contributed by atoms with Gasteiger partial charge in [-0.2, -0.15) is 0 Å². The molecule has 0 aliphatic carbocycles. The van der Waals surface area contributed by atoms with Gasteiger partial charge in [0.15, 0.2) is 6.10 Å². The van der Waals surface area contributed by atoms with Crippen molar-refractivity contribution < 1.29 is 47.1 Å². The summed E-state index contributed by atoms with van der Waals surface area (Å²) in [5.41, 5.74) is 7.93. The van der Waals surface area contributed by atoms with Crippen LogP contribution in [0.25, 0.3) is 0 Å². The van der Waals surface area contributed by atoms with Crippen molar-refractivity contribution in [3.8, 4) is 0 Å². The van der Waals surface area contributed by atoms with E-state index in [1.54, 1.807) is 0 Å². The van der Waals surface area contributed by atoms with Gasteiger partial charge in [-0.05, 0) is 76.3 Å². The van der Waals surface area contributed by atoms with Crippen LogP contribution in [0, 0.1) is 13.8 Å². The Kier molecular flexibility index (Phi) is 31.3. The number of furan rings is 1. The summed E-state index contributed by atoms with van der Waals surface area (Å²) >= 11 is 0. The molecule has 0 radical (unpaired) electrons. The third-order valence-electron chi connectivity index (χ3n) is 9.52. The first-order chi connectivity index (χ1) is 27.5. The van der Waals surface area contributed by atoms with E-state index < -0.39 is 32.5 Å². The van der Waals surface area contributed by atoms with Crippen molar-refractivity contribution in [2.75, 3.05) is 26.4 Å². The molecule has 1 aromatic rings. The minimum Gasteiger partial charge on any atom is -0.466 e. The van der Waals surface area contributed by atoms with E-state index in [1.807, 2.05) is 36.5 Å². The predicted molar refractivity (Wildman–Crippen MR) is 229 cm³/mol. The zero-order valence-electron chi connectivity index (χ0n) is 35.6. The van der Waals surface area contributed by atoms with E-state index in [4.69, 9.17) is 28.7 Å². The lowest BCUT2D eigenvalue weighted by atomic mass is 10.0. The van der Waals surface area contributed by atoms with E-state index >= 15 is 0 Å². The molecule has 0 amide bonds. The van der Waals surface area contributed by atoms with Crippen LogP contribution in [0.15, 0.2) is 53.0 Å². The number of phosphoric ester groups is 1. The standard InChI is InChI=1S/C45H76NO10P/c1-5-7-22-28-40(47)29-24-18-14-12-10-9-11-13-15-20-26-32-44(48)52-36-41(37-54-57(50,51)53-35-34-46)55-45(49)33-27-21-17-16-19-25-31-43-39(4)38(3)42(56-43)30-23-8-6-2/h9-10,13-15,18,24,29,40-41,47H,5-8,11-12,16-17,19-23,25-28,30-37,46H2,1-4H3,(H,50,51)/b10-9-,15-13-,18-14-,29-24+/t40-,41-/m1/s1. The molecule has 0 saturated carbocycles. The van der Waals surface area contributed by atoms with Gasteiger partial charge in [-0.25, -0.2) is 4.57 Å². The van der Waals surface area contributed by atoms with Gasteiger partial charge < -0.3 is 29.6 Å². The van der Waals surface area contributed by atoms with Crippen LogP contribution in [0.1, 0.15) is 158 Å². The maximum Gasteiger partial charge on any atom is 0.472 e. The fourth-order valence-corrected chi connectivity index (χ4v) is 6.74. The maximum atomic E-state index is 12.7. The number of aryl methyl sites for hydroxylation is 2. The number of carbonyl (C=O) groups is 2. The lowest BCUT2D eigenvalue weighted by molar-refractivity contribution is -0.161. The van der Waals surface area contributed by atoms with Crippen LogP contribution in [-0.2, 0) is 45.5 Å². The number of aliphatic hydroxyl groups is 1. The monoisotopic (exact) mass is 822 g/mol. The van der Waals surface area contributed by atoms with Crippen LogP contribution >= 0.6 is 7.82 Å². The topological polar surface area (TPSA) is 168 Å². The number of esters is 2. The first kappa shape index (κ1) is 52.2. The summed E-state index contributed by atoms with van der Waals surface area (Å²) in [7, 11) is -4.42. The van der Waals surface area contributed by atoms with Gasteiger partial charge in [-0.1, -0.05) is 120 Å². The van der Waals surface area contributed by atoms with Crippen LogP contribution in [-0.4, -0.2) is 60.5 Å². The first-order valence-electron chi connectivity index (χ1n) is 21.6. The molecule has 0 fully saturated rings. The summed E-state index contributed by atoms with van der Waals surface area (Å²) in [6, 6.07) is 0. The SMILES string of the molecule is CCCCCc1oc(CCCCCCCCC(=O)O[C@H](COC(=O)CCC/C=C\C/C=C\C/C=C\C=C\[C@H](O)CCCCC)COP(=O)(O)OCCN)c(C)c1C. The third-order valence-corrected chi connectivity index (χ3v) is 10.5. The Morgan fingerprint density at radius 1 is 0.737 bits per heavy atom. The molecule has 1 heterocycles. The quantitative estimate of drug-likeness (QED) is 0.0194. The Labute approximate surface area is 344 Å². The number of nitrogens with two attached hydrogens (primary N) is 1. The van der Waals surface area contributed by atoms with E-state index in [0.29, 0.717) is 19.3 Å². The van der Waals surface area contributed by atoms with Crippen molar-refractivity contribution in [3.63, 3.8) is 0 Å². The highest BCUT2D eigenvalue weighted by Gasteiger charge is 2.26. The Morgan fingerprint density at radius 3 is 2.02 bits per heavy atom. The van der Waals surface area contributed by atoms with Gasteiger partial charge in [-0.3, -0.25) is 18.6 Å². The molecule has 57 heavy (non-hydrogen) atoms. The fraction of sp³-hybridized carbons (Fsp3) is 0.689. The fourth-order valence-electron chi connectivity index (χ4n) is 5.97. The molecule has 0 bridgehead atoms. The third kappa shape index (κ3) is 28.3. The van der Waals surface area contributed by atoms with E-state index in [0.717, 1.165) is 95.0 Å². The van der Waals surface area contributed by atoms with E-state index in [-0.39, 0.29) is 38.7 Å².